The van der Waals surface area contributed by atoms with Crippen molar-refractivity contribution in [3.05, 3.63) is 77.4 Å². The molecule has 0 unspecified atom stereocenters. The van der Waals surface area contributed by atoms with Gasteiger partial charge in [-0.15, -0.1) is 0 Å². The predicted molar refractivity (Wildman–Crippen MR) is 136 cm³/mol. The molecule has 3 nitrogen and oxygen atoms in total. The second-order valence-electron chi connectivity index (χ2n) is 7.15. The molecule has 0 N–H and O–H groups in total. The van der Waals surface area contributed by atoms with Crippen LogP contribution in [0.1, 0.15) is 22.8 Å². The second-order valence-corrected chi connectivity index (χ2v) is 11.7. The minimum Gasteiger partial charge on any atom is -0.209 e. The quantitative estimate of drug-likeness (QED) is 0.210. The number of hydrogen-bond donors (Lipinski definition) is 0. The molecule has 1 aliphatic rings. The molecular formula is C23H11Cl6N3. The van der Waals surface area contributed by atoms with E-state index in [1.165, 1.54) is 10.8 Å². The lowest BCUT2D eigenvalue weighted by atomic mass is 9.84. The van der Waals surface area contributed by atoms with Gasteiger partial charge in [-0.1, -0.05) is 130 Å². The van der Waals surface area contributed by atoms with Crippen molar-refractivity contribution in [1.29, 1.82) is 0 Å². The number of halogens is 6. The van der Waals surface area contributed by atoms with Crippen LogP contribution < -0.4 is 0 Å². The Morgan fingerprint density at radius 3 is 1.72 bits per heavy atom. The van der Waals surface area contributed by atoms with Crippen LogP contribution in [0, 0.1) is 0 Å². The van der Waals surface area contributed by atoms with Crippen LogP contribution in [0.3, 0.4) is 0 Å². The number of fused-ring (bicyclic) bond motifs is 2. The van der Waals surface area contributed by atoms with Gasteiger partial charge in [0, 0.05) is 5.56 Å². The maximum Gasteiger partial charge on any atom is 0.250 e. The summed E-state index contributed by atoms with van der Waals surface area (Å²) in [7, 11) is 0. The number of hydrogen-bond acceptors (Lipinski definition) is 3. The average Bonchev–Trinajstić information content (AvgIpc) is 2.72. The lowest BCUT2D eigenvalue weighted by Crippen LogP contribution is -2.17. The second kappa shape index (κ2) is 8.02. The minimum absolute atomic E-state index is 0.121. The molecular weight excluding hydrogens is 531 g/mol. The van der Waals surface area contributed by atoms with Gasteiger partial charge in [0.1, 0.15) is 0 Å². The van der Waals surface area contributed by atoms with Crippen LogP contribution in [0.4, 0.5) is 0 Å². The molecule has 1 heterocycles. The molecule has 160 valence electrons. The highest BCUT2D eigenvalue weighted by molar-refractivity contribution is 6.67. The molecule has 4 aromatic rings. The first-order valence-corrected chi connectivity index (χ1v) is 11.6. The van der Waals surface area contributed by atoms with Gasteiger partial charge in [0.2, 0.25) is 7.59 Å². The lowest BCUT2D eigenvalue weighted by molar-refractivity contribution is 0.851. The maximum atomic E-state index is 6.02. The molecule has 0 spiro atoms. The third kappa shape index (κ3) is 3.96. The number of alkyl halides is 6. The molecule has 5 rings (SSSR count). The van der Waals surface area contributed by atoms with E-state index in [0.717, 1.165) is 27.8 Å². The molecule has 0 bridgehead atoms. The normalized spacial score (nSPS) is 13.2. The molecule has 9 heteroatoms. The van der Waals surface area contributed by atoms with Crippen LogP contribution in [0.2, 0.25) is 0 Å². The molecule has 0 saturated heterocycles. The molecule has 0 amide bonds. The van der Waals surface area contributed by atoms with E-state index in [0.29, 0.717) is 0 Å². The molecule has 1 aliphatic carbocycles. The van der Waals surface area contributed by atoms with Crippen LogP contribution in [0.25, 0.3) is 45.4 Å². The summed E-state index contributed by atoms with van der Waals surface area (Å²) in [4.78, 5) is 12.7. The summed E-state index contributed by atoms with van der Waals surface area (Å²) in [6.07, 6.45) is 4.02. The fourth-order valence-corrected chi connectivity index (χ4v) is 4.21. The average molecular weight is 542 g/mol. The minimum atomic E-state index is -1.91. The van der Waals surface area contributed by atoms with Crippen molar-refractivity contribution < 1.29 is 0 Å². The SMILES string of the molecule is ClC(Cl)(Cl)c1nc(-c2ccc(-c3cccc4ccccc34)c3c2C=C3)nc(C(Cl)(Cl)Cl)n1. The van der Waals surface area contributed by atoms with Gasteiger partial charge >= 0.3 is 0 Å². The summed E-state index contributed by atoms with van der Waals surface area (Å²) in [6.45, 7) is 0. The van der Waals surface area contributed by atoms with Crippen molar-refractivity contribution in [2.75, 3.05) is 0 Å². The first kappa shape index (κ1) is 22.2. The van der Waals surface area contributed by atoms with Crippen molar-refractivity contribution in [2.24, 2.45) is 0 Å². The first-order valence-electron chi connectivity index (χ1n) is 9.37. The third-order valence-electron chi connectivity index (χ3n) is 5.17. The molecule has 0 aliphatic heterocycles. The van der Waals surface area contributed by atoms with Crippen LogP contribution in [0.15, 0.2) is 54.6 Å². The maximum absolute atomic E-state index is 6.02. The van der Waals surface area contributed by atoms with E-state index in [1.54, 1.807) is 0 Å². The zero-order valence-electron chi connectivity index (χ0n) is 16.0. The largest absolute Gasteiger partial charge is 0.250 e. The third-order valence-corrected chi connectivity index (χ3v) is 6.18. The summed E-state index contributed by atoms with van der Waals surface area (Å²) >= 11 is 36.1. The lowest BCUT2D eigenvalue weighted by Gasteiger charge is -2.22. The fraction of sp³-hybridized carbons (Fsp3) is 0.0870. The molecule has 0 atom stereocenters. The summed E-state index contributed by atoms with van der Waals surface area (Å²) in [5.74, 6) is 0.0146. The Labute approximate surface area is 213 Å². The molecule has 0 radical (unpaired) electrons. The van der Waals surface area contributed by atoms with E-state index < -0.39 is 7.59 Å². The van der Waals surface area contributed by atoms with Gasteiger partial charge in [-0.25, -0.2) is 15.0 Å². The van der Waals surface area contributed by atoms with Crippen LogP contribution in [-0.4, -0.2) is 15.0 Å². The van der Waals surface area contributed by atoms with Crippen LogP contribution >= 0.6 is 69.6 Å². The van der Waals surface area contributed by atoms with Gasteiger partial charge in [-0.2, -0.15) is 0 Å². The Bertz CT molecular complexity index is 1370. The van der Waals surface area contributed by atoms with Crippen molar-refractivity contribution in [3.8, 4) is 22.5 Å². The Morgan fingerprint density at radius 2 is 1.09 bits per heavy atom. The van der Waals surface area contributed by atoms with E-state index in [-0.39, 0.29) is 17.5 Å². The number of aromatic nitrogens is 3. The van der Waals surface area contributed by atoms with E-state index in [9.17, 15) is 0 Å². The summed E-state index contributed by atoms with van der Waals surface area (Å²) < 4.78 is -3.82. The Morgan fingerprint density at radius 1 is 0.531 bits per heavy atom. The number of benzene rings is 3. The predicted octanol–water partition coefficient (Wildman–Crippen LogP) is 8.50. The van der Waals surface area contributed by atoms with Crippen molar-refractivity contribution in [2.45, 2.75) is 7.59 Å². The van der Waals surface area contributed by atoms with E-state index in [1.807, 2.05) is 42.5 Å². The molecule has 0 fully saturated rings. The van der Waals surface area contributed by atoms with Crippen molar-refractivity contribution in [1.82, 2.24) is 15.0 Å². The molecule has 3 aromatic carbocycles. The Hall–Kier alpha value is -1.59. The molecule has 32 heavy (non-hydrogen) atoms. The Kier molecular flexibility index (Phi) is 5.57. The van der Waals surface area contributed by atoms with E-state index in [4.69, 9.17) is 69.6 Å². The van der Waals surface area contributed by atoms with Gasteiger partial charge in [-0.3, -0.25) is 0 Å². The zero-order chi connectivity index (χ0) is 22.7. The smallest absolute Gasteiger partial charge is 0.209 e. The van der Waals surface area contributed by atoms with E-state index >= 15 is 0 Å². The number of rotatable bonds is 2. The summed E-state index contributed by atoms with van der Waals surface area (Å²) in [6, 6.07) is 18.4. The highest BCUT2D eigenvalue weighted by Crippen LogP contribution is 2.44. The Balaban J connectivity index is 1.69. The molecule has 0 saturated carbocycles. The van der Waals surface area contributed by atoms with Crippen molar-refractivity contribution >= 4 is 92.5 Å². The van der Waals surface area contributed by atoms with Gasteiger partial charge in [-0.05, 0) is 39.1 Å². The number of nitrogens with zero attached hydrogens (tertiary/aromatic N) is 3. The summed E-state index contributed by atoms with van der Waals surface area (Å²) in [5.41, 5.74) is 4.97. The first-order chi connectivity index (χ1) is 15.1. The summed E-state index contributed by atoms with van der Waals surface area (Å²) in [5, 5.41) is 2.34. The van der Waals surface area contributed by atoms with Gasteiger partial charge < -0.3 is 0 Å². The van der Waals surface area contributed by atoms with Gasteiger partial charge in [0.05, 0.1) is 0 Å². The van der Waals surface area contributed by atoms with Crippen molar-refractivity contribution in [3.63, 3.8) is 0 Å². The highest BCUT2D eigenvalue weighted by Gasteiger charge is 2.34. The zero-order valence-corrected chi connectivity index (χ0v) is 20.5. The fourth-order valence-electron chi connectivity index (χ4n) is 3.71. The van der Waals surface area contributed by atoms with Gasteiger partial charge in [0.15, 0.2) is 17.5 Å². The van der Waals surface area contributed by atoms with Crippen LogP contribution in [0.5, 0.6) is 0 Å². The monoisotopic (exact) mass is 539 g/mol. The van der Waals surface area contributed by atoms with Gasteiger partial charge in [0.25, 0.3) is 0 Å². The van der Waals surface area contributed by atoms with Crippen LogP contribution in [-0.2, 0) is 7.59 Å². The topological polar surface area (TPSA) is 38.7 Å². The highest BCUT2D eigenvalue weighted by atomic mass is 35.6. The van der Waals surface area contributed by atoms with E-state index in [2.05, 4.69) is 39.2 Å². The molecule has 1 aromatic heterocycles. The standard InChI is InChI=1S/C23H11Cl6N3/c24-22(25,26)20-30-19(31-21(32-20)23(27,28)29)18-11-10-15(16-8-9-17(16)18)14-7-3-5-12-4-1-2-6-13(12)14/h1-11H.